The van der Waals surface area contributed by atoms with E-state index >= 15 is 0 Å². The number of aromatic nitrogens is 1. The summed E-state index contributed by atoms with van der Waals surface area (Å²) in [5.41, 5.74) is 9.68. The standard InChI is InChI=1S/C27H32F2N2O2.CH3NO/c1-9-22-13-21(14-23-16(4)12-17(5)30-27(23)32)18(6)26(31(22)11-3)20(8)33-15-24(19(7)28)25(29)10-2;2-1-3/h9-13,20H,2-3,7,14-15H2,1,4-6,8H3,(H,30,32);1H,(H2,2,3)/b22-9-,25-24+;. The van der Waals surface area contributed by atoms with E-state index in [2.05, 4.69) is 30.5 Å². The molecule has 1 atom stereocenters. The number of ether oxygens (including phenoxy) is 1. The minimum Gasteiger partial charge on any atom is -0.372 e. The van der Waals surface area contributed by atoms with Crippen molar-refractivity contribution in [3.8, 4) is 0 Å². The summed E-state index contributed by atoms with van der Waals surface area (Å²) in [6.45, 7) is 19.6. The van der Waals surface area contributed by atoms with Crippen LogP contribution in [-0.2, 0) is 16.0 Å². The van der Waals surface area contributed by atoms with Crippen LogP contribution < -0.4 is 11.3 Å². The number of aromatic amines is 1. The highest BCUT2D eigenvalue weighted by Gasteiger charge is 2.27. The molecule has 1 aromatic rings. The van der Waals surface area contributed by atoms with Crippen LogP contribution in [0.25, 0.3) is 0 Å². The van der Waals surface area contributed by atoms with E-state index in [0.29, 0.717) is 12.0 Å². The first-order valence-corrected chi connectivity index (χ1v) is 11.3. The number of hydrogen-bond acceptors (Lipinski definition) is 4. The molecule has 2 rings (SSSR count). The lowest BCUT2D eigenvalue weighted by atomic mass is 9.90. The third-order valence-electron chi connectivity index (χ3n) is 5.72. The predicted octanol–water partition coefficient (Wildman–Crippen LogP) is 5.50. The Kier molecular flexibility index (Phi) is 11.7. The summed E-state index contributed by atoms with van der Waals surface area (Å²) in [6.07, 6.45) is 6.68. The molecular formula is C28H35F2N3O3. The summed E-state index contributed by atoms with van der Waals surface area (Å²) in [6, 6.07) is 1.95. The Morgan fingerprint density at radius 3 is 2.36 bits per heavy atom. The van der Waals surface area contributed by atoms with Crippen molar-refractivity contribution in [1.82, 2.24) is 9.88 Å². The molecule has 0 spiro atoms. The van der Waals surface area contributed by atoms with E-state index in [-0.39, 0.29) is 24.1 Å². The minimum absolute atomic E-state index is 0.114. The molecule has 1 aromatic heterocycles. The van der Waals surface area contributed by atoms with Gasteiger partial charge in [0.1, 0.15) is 11.7 Å². The number of carbonyl (C=O) groups excluding carboxylic acids is 1. The maximum Gasteiger partial charge on any atom is 0.251 e. The van der Waals surface area contributed by atoms with Crippen molar-refractivity contribution in [3.05, 3.63) is 117 Å². The maximum absolute atomic E-state index is 14.0. The zero-order chi connectivity index (χ0) is 27.6. The molecule has 8 heteroatoms. The highest BCUT2D eigenvalue weighted by Crippen LogP contribution is 2.34. The van der Waals surface area contributed by atoms with Gasteiger partial charge in [0.05, 0.1) is 18.4 Å². The number of allylic oxidation sites excluding steroid dienone is 6. The summed E-state index contributed by atoms with van der Waals surface area (Å²) in [4.78, 5) is 25.9. The second-order valence-electron chi connectivity index (χ2n) is 8.09. The van der Waals surface area contributed by atoms with Crippen LogP contribution in [0.2, 0.25) is 0 Å². The van der Waals surface area contributed by atoms with Crippen molar-refractivity contribution < 1.29 is 18.3 Å². The molecule has 2 heterocycles. The SMILES string of the molecule is C=C/C(F)=C(/COC(C)C1=C(C)C(Cc2c(C)cc(C)[nH]c2=O)=C/C(=C/C)N1C=C)C(=C)F.NC=O. The Labute approximate surface area is 211 Å². The molecule has 0 fully saturated rings. The van der Waals surface area contributed by atoms with Crippen molar-refractivity contribution in [2.75, 3.05) is 6.61 Å². The lowest BCUT2D eigenvalue weighted by molar-refractivity contribution is -0.106. The van der Waals surface area contributed by atoms with E-state index in [0.717, 1.165) is 39.9 Å². The van der Waals surface area contributed by atoms with E-state index in [1.165, 1.54) is 0 Å². The third-order valence-corrected chi connectivity index (χ3v) is 5.72. The van der Waals surface area contributed by atoms with Crippen molar-refractivity contribution >= 4 is 6.41 Å². The summed E-state index contributed by atoms with van der Waals surface area (Å²) in [5, 5.41) is 0. The molecule has 194 valence electrons. The van der Waals surface area contributed by atoms with Crippen LogP contribution in [0.1, 0.15) is 37.6 Å². The van der Waals surface area contributed by atoms with Crippen molar-refractivity contribution in [2.45, 2.75) is 47.1 Å². The van der Waals surface area contributed by atoms with Gasteiger partial charge in [-0.15, -0.1) is 0 Å². The molecule has 0 aliphatic carbocycles. The molecule has 1 unspecified atom stereocenters. The van der Waals surface area contributed by atoms with Gasteiger partial charge in [-0.3, -0.25) is 9.59 Å². The average Bonchev–Trinajstić information content (AvgIpc) is 2.81. The average molecular weight is 500 g/mol. The second kappa shape index (κ2) is 13.9. The zero-order valence-corrected chi connectivity index (χ0v) is 21.6. The second-order valence-corrected chi connectivity index (χ2v) is 8.09. The topological polar surface area (TPSA) is 88.4 Å². The number of rotatable bonds is 9. The Balaban J connectivity index is 0.00000205. The van der Waals surface area contributed by atoms with Gasteiger partial charge in [0.15, 0.2) is 0 Å². The highest BCUT2D eigenvalue weighted by atomic mass is 19.1. The van der Waals surface area contributed by atoms with E-state index in [1.54, 1.807) is 13.1 Å². The summed E-state index contributed by atoms with van der Waals surface area (Å²) < 4.78 is 33.6. The Bertz CT molecular complexity index is 1200. The van der Waals surface area contributed by atoms with Crippen molar-refractivity contribution in [3.63, 3.8) is 0 Å². The lowest BCUT2D eigenvalue weighted by Crippen LogP contribution is -2.30. The summed E-state index contributed by atoms with van der Waals surface area (Å²) >= 11 is 0. The normalized spacial score (nSPS) is 15.9. The van der Waals surface area contributed by atoms with Gasteiger partial charge < -0.3 is 20.4 Å². The van der Waals surface area contributed by atoms with Gasteiger partial charge >= 0.3 is 0 Å². The molecule has 36 heavy (non-hydrogen) atoms. The molecule has 0 saturated heterocycles. The molecule has 0 bridgehead atoms. The number of nitrogens with two attached hydrogens (primary N) is 1. The van der Waals surface area contributed by atoms with E-state index in [9.17, 15) is 13.6 Å². The third kappa shape index (κ3) is 7.36. The number of carbonyl (C=O) groups is 1. The van der Waals surface area contributed by atoms with Crippen LogP contribution in [0.5, 0.6) is 0 Å². The van der Waals surface area contributed by atoms with Crippen molar-refractivity contribution in [2.24, 2.45) is 5.73 Å². The molecule has 0 radical (unpaired) electrons. The number of halogens is 2. The molecule has 6 nitrogen and oxygen atoms in total. The number of primary amides is 1. The number of nitrogens with one attached hydrogen (secondary N) is 1. The van der Waals surface area contributed by atoms with Gasteiger partial charge in [-0.2, -0.15) is 0 Å². The first-order chi connectivity index (χ1) is 17.0. The fraction of sp³-hybridized carbons (Fsp3) is 0.286. The van der Waals surface area contributed by atoms with Crippen LogP contribution in [0.3, 0.4) is 0 Å². The number of H-pyrrole nitrogens is 1. The first kappa shape index (κ1) is 30.3. The Morgan fingerprint density at radius 1 is 1.28 bits per heavy atom. The van der Waals surface area contributed by atoms with Crippen molar-refractivity contribution in [1.29, 1.82) is 0 Å². The number of aryl methyl sites for hydroxylation is 2. The summed E-state index contributed by atoms with van der Waals surface area (Å²) in [7, 11) is 0. The van der Waals surface area contributed by atoms with Crippen LogP contribution in [-0.4, -0.2) is 29.0 Å². The fourth-order valence-electron chi connectivity index (χ4n) is 3.93. The van der Waals surface area contributed by atoms with Gasteiger partial charge in [-0.05, 0) is 69.5 Å². The smallest absolute Gasteiger partial charge is 0.251 e. The Hall–Kier alpha value is -3.78. The highest BCUT2D eigenvalue weighted by molar-refractivity contribution is 5.49. The van der Waals surface area contributed by atoms with E-state index in [1.807, 2.05) is 50.8 Å². The van der Waals surface area contributed by atoms with Gasteiger partial charge in [0.25, 0.3) is 5.56 Å². The molecule has 0 aromatic carbocycles. The molecule has 1 amide bonds. The van der Waals surface area contributed by atoms with Gasteiger partial charge in [-0.1, -0.05) is 25.8 Å². The number of pyridine rings is 1. The molecule has 1 aliphatic rings. The zero-order valence-electron chi connectivity index (χ0n) is 21.6. The predicted molar refractivity (Wildman–Crippen MR) is 141 cm³/mol. The van der Waals surface area contributed by atoms with Crippen LogP contribution in [0, 0.1) is 13.8 Å². The lowest BCUT2D eigenvalue weighted by Gasteiger charge is -2.35. The van der Waals surface area contributed by atoms with Gasteiger partial charge in [-0.25, -0.2) is 8.78 Å². The number of nitrogens with zero attached hydrogens (tertiary/aromatic N) is 1. The number of hydrogen-bond donors (Lipinski definition) is 2. The summed E-state index contributed by atoms with van der Waals surface area (Å²) in [5.74, 6) is -1.72. The number of amides is 1. The van der Waals surface area contributed by atoms with Crippen LogP contribution >= 0.6 is 0 Å². The first-order valence-electron chi connectivity index (χ1n) is 11.3. The van der Waals surface area contributed by atoms with E-state index in [4.69, 9.17) is 9.53 Å². The largest absolute Gasteiger partial charge is 0.372 e. The Morgan fingerprint density at radius 2 is 1.89 bits per heavy atom. The van der Waals surface area contributed by atoms with Crippen LogP contribution in [0.4, 0.5) is 8.78 Å². The molecule has 3 N–H and O–H groups in total. The molecular weight excluding hydrogens is 464 g/mol. The maximum atomic E-state index is 14.0. The molecule has 1 aliphatic heterocycles. The van der Waals surface area contributed by atoms with Gasteiger partial charge in [0.2, 0.25) is 6.41 Å². The van der Waals surface area contributed by atoms with E-state index < -0.39 is 17.8 Å². The quantitative estimate of drug-likeness (QED) is 0.347. The molecule has 0 saturated carbocycles. The monoisotopic (exact) mass is 499 g/mol. The van der Waals surface area contributed by atoms with Crippen LogP contribution in [0.15, 0.2) is 94.8 Å². The minimum atomic E-state index is -0.904. The fourth-order valence-corrected chi connectivity index (χ4v) is 3.93. The van der Waals surface area contributed by atoms with Gasteiger partial charge in [0, 0.05) is 35.1 Å².